The van der Waals surface area contributed by atoms with Crippen LogP contribution in [0.5, 0.6) is 0 Å². The van der Waals surface area contributed by atoms with Crippen LogP contribution < -0.4 is 0 Å². The predicted molar refractivity (Wildman–Crippen MR) is 88.2 cm³/mol. The van der Waals surface area contributed by atoms with Gasteiger partial charge >= 0.3 is 6.09 Å². The summed E-state index contributed by atoms with van der Waals surface area (Å²) >= 11 is 0. The lowest BCUT2D eigenvalue weighted by Crippen LogP contribution is -2.47. The number of nitrogens with zero attached hydrogens (tertiary/aromatic N) is 2. The SMILES string of the molecule is CN1CC2(CCN(CCCOCc3ccccc3)CC2)OC1=O. The molecule has 1 spiro atoms. The fourth-order valence-corrected chi connectivity index (χ4v) is 3.39. The van der Waals surface area contributed by atoms with Crippen molar-refractivity contribution in [3.63, 3.8) is 0 Å². The molecule has 0 aromatic heterocycles. The van der Waals surface area contributed by atoms with E-state index in [-0.39, 0.29) is 11.7 Å². The van der Waals surface area contributed by atoms with E-state index >= 15 is 0 Å². The predicted octanol–water partition coefficient (Wildman–Crippen LogP) is 2.51. The van der Waals surface area contributed by atoms with Crippen LogP contribution in [0, 0.1) is 0 Å². The van der Waals surface area contributed by atoms with Gasteiger partial charge in [-0.25, -0.2) is 4.79 Å². The van der Waals surface area contributed by atoms with Crippen LogP contribution in [0.4, 0.5) is 4.79 Å². The molecular weight excluding hydrogens is 292 g/mol. The third-order valence-corrected chi connectivity index (χ3v) is 4.78. The second kappa shape index (κ2) is 7.32. The van der Waals surface area contributed by atoms with Crippen LogP contribution in [0.3, 0.4) is 0 Å². The number of benzene rings is 1. The first-order valence-electron chi connectivity index (χ1n) is 8.45. The monoisotopic (exact) mass is 318 g/mol. The Bertz CT molecular complexity index is 512. The Kier molecular flexibility index (Phi) is 5.18. The number of likely N-dealkylation sites (tertiary alicyclic amines) is 1. The Hall–Kier alpha value is -1.59. The Morgan fingerprint density at radius 3 is 2.61 bits per heavy atom. The molecule has 0 unspecified atom stereocenters. The maximum atomic E-state index is 11.6. The summed E-state index contributed by atoms with van der Waals surface area (Å²) in [5.74, 6) is 0. The maximum Gasteiger partial charge on any atom is 0.410 e. The first kappa shape index (κ1) is 16.3. The van der Waals surface area contributed by atoms with Gasteiger partial charge in [0, 0.05) is 46.1 Å². The molecule has 5 nitrogen and oxygen atoms in total. The molecule has 3 rings (SSSR count). The fraction of sp³-hybridized carbons (Fsp3) is 0.611. The van der Waals surface area contributed by atoms with Crippen molar-refractivity contribution in [2.24, 2.45) is 0 Å². The summed E-state index contributed by atoms with van der Waals surface area (Å²) in [6.45, 7) is 5.26. The molecule has 1 amide bonds. The smallest absolute Gasteiger partial charge is 0.410 e. The molecule has 126 valence electrons. The van der Waals surface area contributed by atoms with E-state index in [0.717, 1.165) is 52.0 Å². The second-order valence-corrected chi connectivity index (χ2v) is 6.64. The van der Waals surface area contributed by atoms with Gasteiger partial charge in [-0.2, -0.15) is 0 Å². The highest BCUT2D eigenvalue weighted by Gasteiger charge is 2.45. The van der Waals surface area contributed by atoms with E-state index in [9.17, 15) is 4.79 Å². The van der Waals surface area contributed by atoms with Crippen molar-refractivity contribution in [2.45, 2.75) is 31.5 Å². The molecule has 5 heteroatoms. The van der Waals surface area contributed by atoms with E-state index in [2.05, 4.69) is 17.0 Å². The van der Waals surface area contributed by atoms with Crippen LogP contribution in [-0.2, 0) is 16.1 Å². The van der Waals surface area contributed by atoms with Crippen LogP contribution in [0.1, 0.15) is 24.8 Å². The highest BCUT2D eigenvalue weighted by atomic mass is 16.6. The molecule has 0 atom stereocenters. The van der Waals surface area contributed by atoms with Crippen molar-refractivity contribution in [1.82, 2.24) is 9.80 Å². The quantitative estimate of drug-likeness (QED) is 0.756. The minimum absolute atomic E-state index is 0.173. The Labute approximate surface area is 138 Å². The van der Waals surface area contributed by atoms with Crippen LogP contribution >= 0.6 is 0 Å². The van der Waals surface area contributed by atoms with Crippen molar-refractivity contribution in [1.29, 1.82) is 0 Å². The van der Waals surface area contributed by atoms with Gasteiger partial charge in [0.2, 0.25) is 0 Å². The highest BCUT2D eigenvalue weighted by molar-refractivity contribution is 5.70. The van der Waals surface area contributed by atoms with Crippen molar-refractivity contribution in [3.8, 4) is 0 Å². The van der Waals surface area contributed by atoms with Crippen LogP contribution in [-0.4, -0.2) is 61.3 Å². The molecule has 0 aliphatic carbocycles. The van der Waals surface area contributed by atoms with Crippen molar-refractivity contribution in [2.75, 3.05) is 39.8 Å². The van der Waals surface area contributed by atoms with Gasteiger partial charge < -0.3 is 19.3 Å². The minimum Gasteiger partial charge on any atom is -0.441 e. The zero-order valence-corrected chi connectivity index (χ0v) is 13.9. The summed E-state index contributed by atoms with van der Waals surface area (Å²) in [7, 11) is 1.81. The van der Waals surface area contributed by atoms with Crippen LogP contribution in [0.25, 0.3) is 0 Å². The molecule has 23 heavy (non-hydrogen) atoms. The summed E-state index contributed by atoms with van der Waals surface area (Å²) in [6, 6.07) is 10.3. The highest BCUT2D eigenvalue weighted by Crippen LogP contribution is 2.32. The van der Waals surface area contributed by atoms with Gasteiger partial charge in [0.1, 0.15) is 5.60 Å². The molecule has 2 heterocycles. The number of carbonyl (C=O) groups is 1. The minimum atomic E-state index is -0.230. The van der Waals surface area contributed by atoms with Gasteiger partial charge in [-0.15, -0.1) is 0 Å². The van der Waals surface area contributed by atoms with Gasteiger partial charge in [0.25, 0.3) is 0 Å². The fourth-order valence-electron chi connectivity index (χ4n) is 3.39. The van der Waals surface area contributed by atoms with Crippen molar-refractivity contribution in [3.05, 3.63) is 35.9 Å². The molecule has 2 aliphatic rings. The lowest BCUT2D eigenvalue weighted by molar-refractivity contribution is -0.00149. The summed E-state index contributed by atoms with van der Waals surface area (Å²) in [6.07, 6.45) is 2.74. The first-order chi connectivity index (χ1) is 11.2. The van der Waals surface area contributed by atoms with Gasteiger partial charge in [0.15, 0.2) is 0 Å². The number of amides is 1. The topological polar surface area (TPSA) is 42.0 Å². The molecule has 0 bridgehead atoms. The molecule has 1 aromatic rings. The van der Waals surface area contributed by atoms with E-state index in [0.29, 0.717) is 6.61 Å². The number of likely N-dealkylation sites (N-methyl/N-ethyl adjacent to an activating group) is 1. The number of carbonyl (C=O) groups excluding carboxylic acids is 1. The molecule has 0 saturated carbocycles. The zero-order valence-electron chi connectivity index (χ0n) is 13.9. The number of piperidine rings is 1. The zero-order chi connectivity index (χ0) is 16.1. The molecule has 2 fully saturated rings. The van der Waals surface area contributed by atoms with E-state index in [4.69, 9.17) is 9.47 Å². The summed E-state index contributed by atoms with van der Waals surface area (Å²) in [4.78, 5) is 15.7. The molecule has 0 radical (unpaired) electrons. The summed E-state index contributed by atoms with van der Waals surface area (Å²) < 4.78 is 11.3. The van der Waals surface area contributed by atoms with Crippen LogP contribution in [0.2, 0.25) is 0 Å². The lowest BCUT2D eigenvalue weighted by atomic mass is 9.91. The average Bonchev–Trinajstić information content (AvgIpc) is 2.84. The Balaban J connectivity index is 1.30. The Morgan fingerprint density at radius 2 is 1.96 bits per heavy atom. The van der Waals surface area contributed by atoms with E-state index < -0.39 is 0 Å². The number of ether oxygens (including phenoxy) is 2. The lowest BCUT2D eigenvalue weighted by Gasteiger charge is -2.37. The number of rotatable bonds is 6. The van der Waals surface area contributed by atoms with Crippen LogP contribution in [0.15, 0.2) is 30.3 Å². The average molecular weight is 318 g/mol. The first-order valence-corrected chi connectivity index (χ1v) is 8.45. The second-order valence-electron chi connectivity index (χ2n) is 6.64. The van der Waals surface area contributed by atoms with Gasteiger partial charge in [-0.1, -0.05) is 30.3 Å². The van der Waals surface area contributed by atoms with E-state index in [1.165, 1.54) is 5.56 Å². The van der Waals surface area contributed by atoms with Crippen molar-refractivity contribution < 1.29 is 14.3 Å². The number of hydrogen-bond acceptors (Lipinski definition) is 4. The molecule has 0 N–H and O–H groups in total. The number of hydrogen-bond donors (Lipinski definition) is 0. The normalized spacial score (nSPS) is 20.9. The van der Waals surface area contributed by atoms with Crippen molar-refractivity contribution >= 4 is 6.09 Å². The largest absolute Gasteiger partial charge is 0.441 e. The summed E-state index contributed by atoms with van der Waals surface area (Å²) in [5, 5.41) is 0. The Morgan fingerprint density at radius 1 is 1.22 bits per heavy atom. The van der Waals surface area contributed by atoms with Gasteiger partial charge in [-0.3, -0.25) is 0 Å². The molecule has 2 saturated heterocycles. The third-order valence-electron chi connectivity index (χ3n) is 4.78. The molecule has 1 aromatic carbocycles. The van der Waals surface area contributed by atoms with Gasteiger partial charge in [0.05, 0.1) is 13.2 Å². The molecule has 2 aliphatic heterocycles. The maximum absolute atomic E-state index is 11.6. The van der Waals surface area contributed by atoms with E-state index in [1.54, 1.807) is 4.90 Å². The third kappa shape index (κ3) is 4.24. The molecular formula is C18H26N2O3. The van der Waals surface area contributed by atoms with Gasteiger partial charge in [-0.05, 0) is 12.0 Å². The summed E-state index contributed by atoms with van der Waals surface area (Å²) in [5.41, 5.74) is 0.992. The standard InChI is InChI=1S/C18H26N2O3/c1-19-15-18(23-17(19)21)8-11-20(12-9-18)10-5-13-22-14-16-6-3-2-4-7-16/h2-4,6-7H,5,8-15H2,1H3. The van der Waals surface area contributed by atoms with E-state index in [1.807, 2.05) is 25.2 Å².